The molecule has 5 nitrogen and oxygen atoms in total. The highest BCUT2D eigenvalue weighted by molar-refractivity contribution is 5.39. The predicted octanol–water partition coefficient (Wildman–Crippen LogP) is 3.30. The van der Waals surface area contributed by atoms with Gasteiger partial charge in [-0.15, -0.1) is 0 Å². The lowest BCUT2D eigenvalue weighted by atomic mass is 10.0. The van der Waals surface area contributed by atoms with E-state index in [1.807, 2.05) is 12.1 Å². The Morgan fingerprint density at radius 2 is 2.19 bits per heavy atom. The number of methoxy groups -OCH3 is 1. The predicted molar refractivity (Wildman–Crippen MR) is 78.6 cm³/mol. The first-order valence-electron chi connectivity index (χ1n) is 7.59. The van der Waals surface area contributed by atoms with Crippen LogP contribution in [0.5, 0.6) is 5.75 Å². The summed E-state index contributed by atoms with van der Waals surface area (Å²) in [4.78, 5) is 6.82. The van der Waals surface area contributed by atoms with Crippen molar-refractivity contribution in [3.8, 4) is 5.75 Å². The van der Waals surface area contributed by atoms with Crippen LogP contribution < -0.4 is 9.64 Å². The van der Waals surface area contributed by atoms with Gasteiger partial charge in [0.1, 0.15) is 5.75 Å². The molecule has 1 aromatic carbocycles. The second-order valence-corrected chi connectivity index (χ2v) is 5.84. The fraction of sp³-hybridized carbons (Fsp3) is 0.500. The minimum Gasteiger partial charge on any atom is -0.497 e. The molecule has 2 aromatic rings. The van der Waals surface area contributed by atoms with Crippen molar-refractivity contribution in [2.24, 2.45) is 0 Å². The van der Waals surface area contributed by atoms with Crippen LogP contribution in [-0.4, -0.2) is 23.8 Å². The van der Waals surface area contributed by atoms with Gasteiger partial charge in [-0.25, -0.2) is 0 Å². The van der Waals surface area contributed by atoms with Crippen LogP contribution in [0.3, 0.4) is 0 Å². The van der Waals surface area contributed by atoms with E-state index < -0.39 is 0 Å². The zero-order valence-electron chi connectivity index (χ0n) is 12.2. The molecule has 5 heteroatoms. The van der Waals surface area contributed by atoms with Gasteiger partial charge in [-0.05, 0) is 43.4 Å². The van der Waals surface area contributed by atoms with Crippen LogP contribution in [-0.2, 0) is 0 Å². The molecular formula is C16H19N3O2. The molecule has 2 aliphatic rings. The number of rotatable bonds is 4. The Hall–Kier alpha value is -2.04. The van der Waals surface area contributed by atoms with E-state index in [1.165, 1.54) is 18.4 Å². The lowest BCUT2D eigenvalue weighted by Gasteiger charge is -2.22. The van der Waals surface area contributed by atoms with Gasteiger partial charge in [-0.3, -0.25) is 0 Å². The molecule has 110 valence electrons. The number of aromatic nitrogens is 2. The summed E-state index contributed by atoms with van der Waals surface area (Å²) in [5.41, 5.74) is 1.25. The van der Waals surface area contributed by atoms with Gasteiger partial charge in [0.25, 0.3) is 0 Å². The standard InChI is InChI=1S/C16H19N3O2/c1-20-13-5-2-4-12(10-13)14-6-3-9-19(14)16-17-15(18-21-16)11-7-8-11/h2,4-5,10-11,14H,3,6-9H2,1H3. The molecule has 1 atom stereocenters. The van der Waals surface area contributed by atoms with E-state index in [-0.39, 0.29) is 0 Å². The minimum atomic E-state index is 0.299. The fourth-order valence-electron chi connectivity index (χ4n) is 3.04. The molecule has 21 heavy (non-hydrogen) atoms. The Kier molecular flexibility index (Phi) is 3.05. The molecule has 0 bridgehead atoms. The Bertz CT molecular complexity index is 636. The number of ether oxygens (including phenoxy) is 1. The average Bonchev–Trinajstić information content (AvgIpc) is 3.07. The topological polar surface area (TPSA) is 51.4 Å². The van der Waals surface area contributed by atoms with E-state index in [4.69, 9.17) is 9.26 Å². The van der Waals surface area contributed by atoms with Gasteiger partial charge >= 0.3 is 6.01 Å². The molecule has 1 aliphatic carbocycles. The van der Waals surface area contributed by atoms with Crippen molar-refractivity contribution in [2.45, 2.75) is 37.6 Å². The second kappa shape index (κ2) is 5.06. The van der Waals surface area contributed by atoms with Crippen LogP contribution in [0.4, 0.5) is 6.01 Å². The molecule has 1 saturated heterocycles. The molecule has 1 aliphatic heterocycles. The molecule has 2 fully saturated rings. The van der Waals surface area contributed by atoms with Gasteiger partial charge in [0.05, 0.1) is 13.2 Å². The van der Waals surface area contributed by atoms with E-state index in [2.05, 4.69) is 27.2 Å². The number of nitrogens with zero attached hydrogens (tertiary/aromatic N) is 3. The van der Waals surface area contributed by atoms with Gasteiger partial charge in [-0.2, -0.15) is 4.98 Å². The van der Waals surface area contributed by atoms with Crippen LogP contribution in [0.15, 0.2) is 28.8 Å². The first-order valence-corrected chi connectivity index (χ1v) is 7.59. The Morgan fingerprint density at radius 3 is 3.00 bits per heavy atom. The van der Waals surface area contributed by atoms with E-state index in [1.54, 1.807) is 7.11 Å². The third-order valence-electron chi connectivity index (χ3n) is 4.35. The van der Waals surface area contributed by atoms with Crippen molar-refractivity contribution >= 4 is 6.01 Å². The minimum absolute atomic E-state index is 0.299. The zero-order valence-corrected chi connectivity index (χ0v) is 12.2. The van der Waals surface area contributed by atoms with Crippen molar-refractivity contribution in [1.82, 2.24) is 10.1 Å². The highest BCUT2D eigenvalue weighted by Crippen LogP contribution is 2.41. The van der Waals surface area contributed by atoms with E-state index in [0.29, 0.717) is 18.0 Å². The molecular weight excluding hydrogens is 266 g/mol. The summed E-state index contributed by atoms with van der Waals surface area (Å²) in [5.74, 6) is 2.30. The van der Waals surface area contributed by atoms with Crippen molar-refractivity contribution in [2.75, 3.05) is 18.6 Å². The van der Waals surface area contributed by atoms with Crippen LogP contribution in [0, 0.1) is 0 Å². The maximum Gasteiger partial charge on any atom is 0.324 e. The number of anilines is 1. The molecule has 0 spiro atoms. The zero-order chi connectivity index (χ0) is 14.2. The Balaban J connectivity index is 1.61. The lowest BCUT2D eigenvalue weighted by molar-refractivity contribution is 0.402. The molecule has 1 unspecified atom stereocenters. The number of hydrogen-bond acceptors (Lipinski definition) is 5. The summed E-state index contributed by atoms with van der Waals surface area (Å²) in [6.45, 7) is 0.966. The lowest BCUT2D eigenvalue weighted by Crippen LogP contribution is -2.22. The van der Waals surface area contributed by atoms with Crippen LogP contribution in [0.1, 0.15) is 49.0 Å². The van der Waals surface area contributed by atoms with Gasteiger partial charge in [0, 0.05) is 12.5 Å². The third-order valence-corrected chi connectivity index (χ3v) is 4.35. The van der Waals surface area contributed by atoms with Crippen LogP contribution in [0.2, 0.25) is 0 Å². The molecule has 0 N–H and O–H groups in total. The second-order valence-electron chi connectivity index (χ2n) is 5.84. The highest BCUT2D eigenvalue weighted by Gasteiger charge is 2.33. The van der Waals surface area contributed by atoms with Gasteiger partial charge in [0.15, 0.2) is 5.82 Å². The molecule has 0 amide bonds. The van der Waals surface area contributed by atoms with Crippen LogP contribution in [0.25, 0.3) is 0 Å². The molecule has 1 saturated carbocycles. The quantitative estimate of drug-likeness (QED) is 0.862. The summed E-state index contributed by atoms with van der Waals surface area (Å²) in [6.07, 6.45) is 4.63. The summed E-state index contributed by atoms with van der Waals surface area (Å²) in [7, 11) is 1.70. The van der Waals surface area contributed by atoms with Crippen molar-refractivity contribution in [3.63, 3.8) is 0 Å². The summed E-state index contributed by atoms with van der Waals surface area (Å²) in [6, 6.07) is 9.22. The SMILES string of the molecule is COc1cccc(C2CCCN2c2nc(C3CC3)no2)c1. The normalized spacial score (nSPS) is 21.8. The molecule has 2 heterocycles. The first-order chi connectivity index (χ1) is 10.3. The van der Waals surface area contributed by atoms with Gasteiger partial charge in [0.2, 0.25) is 0 Å². The summed E-state index contributed by atoms with van der Waals surface area (Å²) >= 11 is 0. The van der Waals surface area contributed by atoms with E-state index in [0.717, 1.165) is 31.0 Å². The third kappa shape index (κ3) is 2.37. The molecule has 0 radical (unpaired) electrons. The largest absolute Gasteiger partial charge is 0.497 e. The molecule has 1 aromatic heterocycles. The van der Waals surface area contributed by atoms with Crippen molar-refractivity contribution < 1.29 is 9.26 Å². The van der Waals surface area contributed by atoms with Crippen LogP contribution >= 0.6 is 0 Å². The maximum absolute atomic E-state index is 5.49. The molecule has 4 rings (SSSR count). The van der Waals surface area contributed by atoms with Crippen molar-refractivity contribution in [1.29, 1.82) is 0 Å². The Labute approximate surface area is 123 Å². The Morgan fingerprint density at radius 1 is 1.29 bits per heavy atom. The number of benzene rings is 1. The summed E-state index contributed by atoms with van der Waals surface area (Å²) in [5, 5.41) is 4.13. The van der Waals surface area contributed by atoms with E-state index in [9.17, 15) is 0 Å². The van der Waals surface area contributed by atoms with Crippen molar-refractivity contribution in [3.05, 3.63) is 35.7 Å². The van der Waals surface area contributed by atoms with E-state index >= 15 is 0 Å². The fourth-order valence-corrected chi connectivity index (χ4v) is 3.04. The van der Waals surface area contributed by atoms with Gasteiger partial charge in [-0.1, -0.05) is 17.3 Å². The monoisotopic (exact) mass is 285 g/mol. The maximum atomic E-state index is 5.49. The first kappa shape index (κ1) is 12.7. The van der Waals surface area contributed by atoms with Gasteiger partial charge < -0.3 is 14.2 Å². The number of hydrogen-bond donors (Lipinski definition) is 0. The highest BCUT2D eigenvalue weighted by atomic mass is 16.5. The smallest absolute Gasteiger partial charge is 0.324 e. The summed E-state index contributed by atoms with van der Waals surface area (Å²) < 4.78 is 10.8. The average molecular weight is 285 g/mol.